The number of rotatable bonds is 6. The van der Waals surface area contributed by atoms with Crippen LogP contribution in [0.2, 0.25) is 0 Å². The number of fused-ring (bicyclic) bond motifs is 2. The molecule has 0 atom stereocenters. The summed E-state index contributed by atoms with van der Waals surface area (Å²) in [6, 6.07) is 9.81. The topological polar surface area (TPSA) is 122 Å². The van der Waals surface area contributed by atoms with Gasteiger partial charge in [-0.3, -0.25) is 0 Å². The highest BCUT2D eigenvalue weighted by molar-refractivity contribution is 7.98. The summed E-state index contributed by atoms with van der Waals surface area (Å²) in [5.74, 6) is 0.995. The molecule has 0 aliphatic carbocycles. The van der Waals surface area contributed by atoms with Crippen molar-refractivity contribution in [3.05, 3.63) is 59.1 Å². The molecular formula is C22H19N7O2S2. The summed E-state index contributed by atoms with van der Waals surface area (Å²) >= 11 is 2.75. The van der Waals surface area contributed by atoms with Crippen molar-refractivity contribution < 1.29 is 9.53 Å². The molecule has 0 amide bonds. The van der Waals surface area contributed by atoms with Crippen LogP contribution in [0.15, 0.2) is 47.9 Å². The number of hydrogen-bond donors (Lipinski definition) is 1. The summed E-state index contributed by atoms with van der Waals surface area (Å²) in [5, 5.41) is 6.81. The number of benzene rings is 1. The highest BCUT2D eigenvalue weighted by atomic mass is 32.2. The maximum atomic E-state index is 12.2. The second-order valence-corrected chi connectivity index (χ2v) is 9.04. The van der Waals surface area contributed by atoms with Crippen molar-refractivity contribution in [1.82, 2.24) is 29.7 Å². The number of nitrogens with two attached hydrogens (primary N) is 1. The smallest absolute Gasteiger partial charge is 0.348 e. The number of aromatic nitrogens is 6. The molecule has 0 saturated heterocycles. The lowest BCUT2D eigenvalue weighted by molar-refractivity contribution is 0.0531. The summed E-state index contributed by atoms with van der Waals surface area (Å²) in [7, 11) is 0. The molecule has 0 fully saturated rings. The zero-order valence-electron chi connectivity index (χ0n) is 17.8. The first-order chi connectivity index (χ1) is 16.1. The van der Waals surface area contributed by atoms with Crippen LogP contribution >= 0.6 is 23.1 Å². The Morgan fingerprint density at radius 1 is 1.21 bits per heavy atom. The zero-order chi connectivity index (χ0) is 22.9. The SMILES string of the molecule is CCOC(=O)c1sc2nc(CSc3ncnc4c3cnn4-c3ccccc3)nc(N)c2c1C. The lowest BCUT2D eigenvalue weighted by Crippen LogP contribution is -2.04. The van der Waals surface area contributed by atoms with Crippen LogP contribution in [0.25, 0.3) is 26.9 Å². The highest BCUT2D eigenvalue weighted by Gasteiger charge is 2.21. The van der Waals surface area contributed by atoms with E-state index in [4.69, 9.17) is 10.5 Å². The molecule has 11 heteroatoms. The standard InChI is InChI=1S/C22H19N7O2S2/c1-3-31-22(30)17-12(2)16-18(23)27-15(28-21(16)33-17)10-32-20-14-9-26-29(19(14)24-11-25-20)13-7-5-4-6-8-13/h4-9,11H,3,10H2,1-2H3,(H2,23,27,28). The molecule has 0 bridgehead atoms. The monoisotopic (exact) mass is 477 g/mol. The number of para-hydroxylation sites is 1. The molecule has 0 unspecified atom stereocenters. The number of nitrogen functional groups attached to an aromatic ring is 1. The summed E-state index contributed by atoms with van der Waals surface area (Å²) < 4.78 is 6.93. The van der Waals surface area contributed by atoms with Crippen molar-refractivity contribution in [1.29, 1.82) is 0 Å². The van der Waals surface area contributed by atoms with E-state index in [1.54, 1.807) is 17.8 Å². The number of carbonyl (C=O) groups is 1. The Hall–Kier alpha value is -3.57. The van der Waals surface area contributed by atoms with Gasteiger partial charge in [-0.1, -0.05) is 30.0 Å². The van der Waals surface area contributed by atoms with Crippen LogP contribution in [0.3, 0.4) is 0 Å². The molecule has 4 heterocycles. The average Bonchev–Trinajstić information content (AvgIpc) is 3.40. The van der Waals surface area contributed by atoms with Gasteiger partial charge in [-0.2, -0.15) is 5.10 Å². The minimum absolute atomic E-state index is 0.309. The summed E-state index contributed by atoms with van der Waals surface area (Å²) in [6.07, 6.45) is 3.29. The molecule has 4 aromatic heterocycles. The third kappa shape index (κ3) is 3.89. The van der Waals surface area contributed by atoms with Crippen molar-refractivity contribution in [2.75, 3.05) is 12.3 Å². The van der Waals surface area contributed by atoms with E-state index in [9.17, 15) is 4.79 Å². The Balaban J connectivity index is 1.44. The Morgan fingerprint density at radius 3 is 2.82 bits per heavy atom. The minimum Gasteiger partial charge on any atom is -0.462 e. The van der Waals surface area contributed by atoms with E-state index in [1.165, 1.54) is 29.4 Å². The molecule has 166 valence electrons. The molecule has 5 aromatic rings. The molecular weight excluding hydrogens is 458 g/mol. The second-order valence-electron chi connectivity index (χ2n) is 7.08. The minimum atomic E-state index is -0.368. The maximum Gasteiger partial charge on any atom is 0.348 e. The van der Waals surface area contributed by atoms with Crippen molar-refractivity contribution in [2.24, 2.45) is 0 Å². The molecule has 9 nitrogen and oxygen atoms in total. The molecule has 2 N–H and O–H groups in total. The Morgan fingerprint density at radius 2 is 2.03 bits per heavy atom. The van der Waals surface area contributed by atoms with Gasteiger partial charge in [0.25, 0.3) is 0 Å². The Kier molecular flexibility index (Phi) is 5.65. The summed E-state index contributed by atoms with van der Waals surface area (Å²) in [5.41, 5.74) is 8.62. The van der Waals surface area contributed by atoms with E-state index in [-0.39, 0.29) is 5.97 Å². The first kappa shape index (κ1) is 21.3. The fourth-order valence-corrected chi connectivity index (χ4v) is 5.42. The van der Waals surface area contributed by atoms with Gasteiger partial charge in [0, 0.05) is 0 Å². The van der Waals surface area contributed by atoms with Crippen LogP contribution in [0.5, 0.6) is 0 Å². The first-order valence-electron chi connectivity index (χ1n) is 10.2. The molecule has 5 rings (SSSR count). The van der Waals surface area contributed by atoms with Crippen LogP contribution < -0.4 is 5.73 Å². The molecule has 0 aliphatic rings. The van der Waals surface area contributed by atoms with Crippen molar-refractivity contribution in [3.63, 3.8) is 0 Å². The number of ether oxygens (including phenoxy) is 1. The number of anilines is 1. The number of esters is 1. The van der Waals surface area contributed by atoms with Gasteiger partial charge in [0.2, 0.25) is 0 Å². The molecule has 33 heavy (non-hydrogen) atoms. The van der Waals surface area contributed by atoms with E-state index in [0.717, 1.165) is 27.3 Å². The van der Waals surface area contributed by atoms with Crippen molar-refractivity contribution in [3.8, 4) is 5.69 Å². The second kappa shape index (κ2) is 8.75. The summed E-state index contributed by atoms with van der Waals surface area (Å²) in [4.78, 5) is 31.4. The summed E-state index contributed by atoms with van der Waals surface area (Å²) in [6.45, 7) is 3.92. The lowest BCUT2D eigenvalue weighted by Gasteiger charge is -2.05. The predicted molar refractivity (Wildman–Crippen MR) is 129 cm³/mol. The number of thioether (sulfide) groups is 1. The van der Waals surface area contributed by atoms with E-state index in [1.807, 2.05) is 37.3 Å². The quantitative estimate of drug-likeness (QED) is 0.218. The van der Waals surface area contributed by atoms with E-state index in [2.05, 4.69) is 25.0 Å². The largest absolute Gasteiger partial charge is 0.462 e. The zero-order valence-corrected chi connectivity index (χ0v) is 19.5. The predicted octanol–water partition coefficient (Wildman–Crippen LogP) is 4.18. The average molecular weight is 478 g/mol. The fraction of sp³-hybridized carbons (Fsp3) is 0.182. The Labute approximate surface area is 197 Å². The normalized spacial score (nSPS) is 11.3. The number of nitrogens with zero attached hydrogens (tertiary/aromatic N) is 6. The first-order valence-corrected chi connectivity index (χ1v) is 12.0. The van der Waals surface area contributed by atoms with Crippen LogP contribution in [0.1, 0.15) is 28.0 Å². The van der Waals surface area contributed by atoms with Crippen LogP contribution in [0, 0.1) is 6.92 Å². The lowest BCUT2D eigenvalue weighted by atomic mass is 10.2. The van der Waals surface area contributed by atoms with Crippen LogP contribution in [-0.4, -0.2) is 42.3 Å². The number of thiophene rings is 1. The third-order valence-corrected chi connectivity index (χ3v) is 7.16. The van der Waals surface area contributed by atoms with E-state index >= 15 is 0 Å². The fourth-order valence-electron chi connectivity index (χ4n) is 3.50. The molecule has 0 spiro atoms. The van der Waals surface area contributed by atoms with E-state index in [0.29, 0.717) is 39.1 Å². The third-order valence-electron chi connectivity index (χ3n) is 4.99. The van der Waals surface area contributed by atoms with Gasteiger partial charge in [-0.25, -0.2) is 29.4 Å². The van der Waals surface area contributed by atoms with Crippen molar-refractivity contribution in [2.45, 2.75) is 24.6 Å². The van der Waals surface area contributed by atoms with Gasteiger partial charge in [0.1, 0.15) is 32.7 Å². The molecule has 0 saturated carbocycles. The van der Waals surface area contributed by atoms with Gasteiger partial charge >= 0.3 is 5.97 Å². The van der Waals surface area contributed by atoms with Gasteiger partial charge in [-0.05, 0) is 31.5 Å². The van der Waals surface area contributed by atoms with Gasteiger partial charge < -0.3 is 10.5 Å². The van der Waals surface area contributed by atoms with Gasteiger partial charge in [-0.15, -0.1) is 11.3 Å². The molecule has 0 aliphatic heterocycles. The molecule has 0 radical (unpaired) electrons. The molecule has 1 aromatic carbocycles. The maximum absolute atomic E-state index is 12.2. The van der Waals surface area contributed by atoms with Crippen molar-refractivity contribution >= 4 is 56.1 Å². The highest BCUT2D eigenvalue weighted by Crippen LogP contribution is 2.34. The van der Waals surface area contributed by atoms with Crippen LogP contribution in [0.4, 0.5) is 5.82 Å². The van der Waals surface area contributed by atoms with Gasteiger partial charge in [0.15, 0.2) is 5.65 Å². The Bertz CT molecular complexity index is 1480. The van der Waals surface area contributed by atoms with Gasteiger partial charge in [0.05, 0.1) is 35.0 Å². The number of carbonyl (C=O) groups excluding carboxylic acids is 1. The van der Waals surface area contributed by atoms with Crippen LogP contribution in [-0.2, 0) is 10.5 Å². The number of hydrogen-bond acceptors (Lipinski definition) is 10. The van der Waals surface area contributed by atoms with E-state index < -0.39 is 0 Å². The number of aryl methyl sites for hydroxylation is 1.